The minimum Gasteiger partial charge on any atom is -0.310 e. The highest BCUT2D eigenvalue weighted by atomic mass is 79.9. The van der Waals surface area contributed by atoms with Crippen LogP contribution in [0.5, 0.6) is 0 Å². The molecule has 0 saturated carbocycles. The first-order valence-electron chi connectivity index (χ1n) is 6.14. The number of benzene rings is 1. The number of fused-ring (bicyclic) bond motifs is 1. The predicted molar refractivity (Wildman–Crippen MR) is 85.0 cm³/mol. The van der Waals surface area contributed by atoms with Gasteiger partial charge in [0.05, 0.1) is 11.2 Å². The number of aromatic nitrogens is 1. The van der Waals surface area contributed by atoms with Crippen molar-refractivity contribution in [2.75, 3.05) is 11.4 Å². The third kappa shape index (κ3) is 2.77. The maximum atomic E-state index is 12.1. The van der Waals surface area contributed by atoms with E-state index in [-0.39, 0.29) is 18.9 Å². The third-order valence-electron chi connectivity index (χ3n) is 3.46. The quantitative estimate of drug-likeness (QED) is 0.741. The summed E-state index contributed by atoms with van der Waals surface area (Å²) in [5.41, 5.74) is 1.38. The summed E-state index contributed by atoms with van der Waals surface area (Å²) in [5, 5.41) is -0.0881. The molecule has 1 unspecified atom stereocenters. The minimum atomic E-state index is -3.75. The Labute approximate surface area is 134 Å². The lowest BCUT2D eigenvalue weighted by atomic mass is 10.2. The molecule has 0 spiro atoms. The van der Waals surface area contributed by atoms with E-state index in [4.69, 9.17) is 10.7 Å². The molecule has 1 atom stereocenters. The lowest BCUT2D eigenvalue weighted by Crippen LogP contribution is -2.26. The Balaban J connectivity index is 2.09. The summed E-state index contributed by atoms with van der Waals surface area (Å²) in [7, 11) is 1.62. The molecule has 1 aliphatic heterocycles. The number of carbonyl (C=O) groups is 1. The molecule has 1 saturated heterocycles. The Hall–Kier alpha value is -1.18. The zero-order valence-electron chi connectivity index (χ0n) is 10.7. The van der Waals surface area contributed by atoms with Gasteiger partial charge in [-0.15, -0.1) is 0 Å². The first-order chi connectivity index (χ1) is 9.86. The number of hydrogen-bond donors (Lipinski definition) is 0. The van der Waals surface area contributed by atoms with Gasteiger partial charge in [-0.25, -0.2) is 8.42 Å². The van der Waals surface area contributed by atoms with E-state index >= 15 is 0 Å². The zero-order valence-corrected chi connectivity index (χ0v) is 13.8. The first kappa shape index (κ1) is 14.7. The average molecular weight is 390 g/mol. The fourth-order valence-electron chi connectivity index (χ4n) is 2.44. The Kier molecular flexibility index (Phi) is 3.67. The summed E-state index contributed by atoms with van der Waals surface area (Å²) in [6, 6.07) is 7.25. The molecule has 1 amide bonds. The van der Waals surface area contributed by atoms with E-state index in [2.05, 4.69) is 20.9 Å². The smallest absolute Gasteiger partial charge is 0.237 e. The van der Waals surface area contributed by atoms with E-state index in [1.165, 1.54) is 4.90 Å². The average Bonchev–Trinajstić information content (AvgIpc) is 2.80. The van der Waals surface area contributed by atoms with Crippen LogP contribution in [0.4, 0.5) is 5.69 Å². The van der Waals surface area contributed by atoms with Crippen LogP contribution < -0.4 is 4.90 Å². The van der Waals surface area contributed by atoms with Crippen molar-refractivity contribution < 1.29 is 13.2 Å². The lowest BCUT2D eigenvalue weighted by Gasteiger charge is -2.18. The second-order valence-electron chi connectivity index (χ2n) is 4.80. The van der Waals surface area contributed by atoms with Gasteiger partial charge >= 0.3 is 0 Å². The number of amides is 1. The minimum absolute atomic E-state index is 0.0658. The monoisotopic (exact) mass is 388 g/mol. The van der Waals surface area contributed by atoms with Crippen molar-refractivity contribution in [1.29, 1.82) is 0 Å². The van der Waals surface area contributed by atoms with E-state index in [0.29, 0.717) is 5.69 Å². The van der Waals surface area contributed by atoms with Crippen LogP contribution in [0.25, 0.3) is 10.9 Å². The maximum Gasteiger partial charge on any atom is 0.237 e. The molecule has 2 aromatic rings. The van der Waals surface area contributed by atoms with Crippen LogP contribution in [0.3, 0.4) is 0 Å². The molecular weight excluding hydrogens is 380 g/mol. The molecule has 110 valence electrons. The molecule has 8 heteroatoms. The van der Waals surface area contributed by atoms with E-state index < -0.39 is 14.3 Å². The van der Waals surface area contributed by atoms with Crippen molar-refractivity contribution in [3.05, 3.63) is 34.9 Å². The van der Waals surface area contributed by atoms with Gasteiger partial charge in [-0.2, -0.15) is 0 Å². The van der Waals surface area contributed by atoms with Gasteiger partial charge in [0.1, 0.15) is 5.25 Å². The van der Waals surface area contributed by atoms with Gasteiger partial charge < -0.3 is 4.90 Å². The summed E-state index contributed by atoms with van der Waals surface area (Å²) < 4.78 is 23.7. The molecule has 1 aromatic heterocycles. The summed E-state index contributed by atoms with van der Waals surface area (Å²) in [6.45, 7) is 0.0658. The van der Waals surface area contributed by atoms with Gasteiger partial charge in [0.15, 0.2) is 0 Å². The van der Waals surface area contributed by atoms with Crippen LogP contribution >= 0.6 is 26.6 Å². The molecule has 0 aliphatic carbocycles. The SMILES string of the molecule is O=C1CC(S(=O)(=O)Cl)CN1c1ccnc2ccc(Br)cc12. The van der Waals surface area contributed by atoms with E-state index in [9.17, 15) is 13.2 Å². The largest absolute Gasteiger partial charge is 0.310 e. The Morgan fingerprint density at radius 2 is 2.10 bits per heavy atom. The summed E-state index contributed by atoms with van der Waals surface area (Å²) in [5.74, 6) is -0.253. The van der Waals surface area contributed by atoms with E-state index in [1.807, 2.05) is 18.2 Å². The number of nitrogens with zero attached hydrogens (tertiary/aromatic N) is 2. The topological polar surface area (TPSA) is 67.3 Å². The summed E-state index contributed by atoms with van der Waals surface area (Å²) >= 11 is 3.39. The van der Waals surface area contributed by atoms with Gasteiger partial charge in [-0.3, -0.25) is 9.78 Å². The fourth-order valence-corrected chi connectivity index (χ4v) is 3.82. The van der Waals surface area contributed by atoms with Crippen molar-refractivity contribution in [3.8, 4) is 0 Å². The first-order valence-corrected chi connectivity index (χ1v) is 9.31. The van der Waals surface area contributed by atoms with Crippen molar-refractivity contribution >= 4 is 58.2 Å². The highest BCUT2D eigenvalue weighted by Gasteiger charge is 2.38. The highest BCUT2D eigenvalue weighted by molar-refractivity contribution is 9.10. The molecule has 2 heterocycles. The fraction of sp³-hybridized carbons (Fsp3) is 0.231. The summed E-state index contributed by atoms with van der Waals surface area (Å²) in [6.07, 6.45) is 1.50. The van der Waals surface area contributed by atoms with Gasteiger partial charge in [-0.1, -0.05) is 15.9 Å². The molecule has 0 bridgehead atoms. The zero-order chi connectivity index (χ0) is 15.2. The molecular formula is C13H10BrClN2O3S. The predicted octanol–water partition coefficient (Wildman–Crippen LogP) is 2.67. The van der Waals surface area contributed by atoms with Crippen LogP contribution in [-0.4, -0.2) is 31.1 Å². The number of hydrogen-bond acceptors (Lipinski definition) is 4. The number of halogens is 2. The molecule has 5 nitrogen and oxygen atoms in total. The van der Waals surface area contributed by atoms with Crippen LogP contribution in [-0.2, 0) is 13.8 Å². The second-order valence-corrected chi connectivity index (χ2v) is 8.62. The number of anilines is 1. The molecule has 0 radical (unpaired) electrons. The standard InChI is InChI=1S/C13H10BrClN2O3S/c14-8-1-2-11-10(5-8)12(3-4-16-11)17-7-9(6-13(17)18)21(15,19)20/h1-5,9H,6-7H2. The molecule has 21 heavy (non-hydrogen) atoms. The molecule has 1 aliphatic rings. The highest BCUT2D eigenvalue weighted by Crippen LogP contribution is 2.32. The van der Waals surface area contributed by atoms with Crippen LogP contribution in [0.1, 0.15) is 6.42 Å². The van der Waals surface area contributed by atoms with Crippen molar-refractivity contribution in [3.63, 3.8) is 0 Å². The van der Waals surface area contributed by atoms with Gasteiger partial charge in [0.25, 0.3) is 0 Å². The molecule has 1 fully saturated rings. The van der Waals surface area contributed by atoms with Gasteiger partial charge in [-0.05, 0) is 24.3 Å². The van der Waals surface area contributed by atoms with Crippen molar-refractivity contribution in [1.82, 2.24) is 4.98 Å². The van der Waals surface area contributed by atoms with Crippen molar-refractivity contribution in [2.24, 2.45) is 0 Å². The Bertz CT molecular complexity index is 840. The molecule has 1 aromatic carbocycles. The number of carbonyl (C=O) groups excluding carboxylic acids is 1. The van der Waals surface area contributed by atoms with Gasteiger partial charge in [0.2, 0.25) is 15.0 Å². The second kappa shape index (κ2) is 5.23. The summed E-state index contributed by atoms with van der Waals surface area (Å²) in [4.78, 5) is 17.8. The Morgan fingerprint density at radius 3 is 2.76 bits per heavy atom. The number of rotatable bonds is 2. The number of pyridine rings is 1. The van der Waals surface area contributed by atoms with Gasteiger partial charge in [0, 0.05) is 39.7 Å². The normalized spacial score (nSPS) is 19.4. The van der Waals surface area contributed by atoms with E-state index in [1.54, 1.807) is 12.3 Å². The van der Waals surface area contributed by atoms with Crippen molar-refractivity contribution in [2.45, 2.75) is 11.7 Å². The van der Waals surface area contributed by atoms with Crippen LogP contribution in [0.15, 0.2) is 34.9 Å². The van der Waals surface area contributed by atoms with E-state index in [0.717, 1.165) is 15.4 Å². The maximum absolute atomic E-state index is 12.1. The van der Waals surface area contributed by atoms with Crippen LogP contribution in [0.2, 0.25) is 0 Å². The Morgan fingerprint density at radius 1 is 1.33 bits per heavy atom. The van der Waals surface area contributed by atoms with Crippen LogP contribution in [0, 0.1) is 0 Å². The lowest BCUT2D eigenvalue weighted by molar-refractivity contribution is -0.117. The molecule has 3 rings (SSSR count). The molecule has 0 N–H and O–H groups in total. The third-order valence-corrected chi connectivity index (χ3v) is 5.82.